The molecule has 0 aromatic carbocycles. The Kier molecular flexibility index (Phi) is 8.88. The summed E-state index contributed by atoms with van der Waals surface area (Å²) in [5, 5.41) is 2.56. The molecular formula is C26H35N5O. The lowest BCUT2D eigenvalue weighted by atomic mass is 9.71. The maximum Gasteiger partial charge on any atom is 0.250 e. The lowest BCUT2D eigenvalue weighted by Crippen LogP contribution is -2.27. The molecule has 1 heterocycles. The average Bonchev–Trinajstić information content (AvgIpc) is 3.25. The lowest BCUT2D eigenvalue weighted by molar-refractivity contribution is -0.115. The van der Waals surface area contributed by atoms with Crippen molar-refractivity contribution in [1.82, 2.24) is 14.9 Å². The number of aromatic nitrogens is 2. The van der Waals surface area contributed by atoms with E-state index in [4.69, 9.17) is 0 Å². The molecule has 6 heteroatoms. The minimum absolute atomic E-state index is 0.140. The van der Waals surface area contributed by atoms with Gasteiger partial charge in [-0.15, -0.1) is 0 Å². The highest BCUT2D eigenvalue weighted by atomic mass is 16.1. The number of hydrogen-bond donors (Lipinski definition) is 1. The van der Waals surface area contributed by atoms with Gasteiger partial charge in [0.25, 0.3) is 5.91 Å². The number of nitrogens with one attached hydrogen (secondary N) is 1. The number of rotatable bonds is 6. The van der Waals surface area contributed by atoms with Crippen LogP contribution in [0.1, 0.15) is 53.5 Å². The van der Waals surface area contributed by atoms with Gasteiger partial charge in [-0.1, -0.05) is 49.8 Å². The topological polar surface area (TPSA) is 71.6 Å². The Hall–Kier alpha value is -3.28. The van der Waals surface area contributed by atoms with Crippen LogP contribution in [0.5, 0.6) is 0 Å². The van der Waals surface area contributed by atoms with Crippen molar-refractivity contribution in [2.45, 2.75) is 53.5 Å². The molecule has 1 atom stereocenters. The number of imidazole rings is 1. The van der Waals surface area contributed by atoms with Crippen molar-refractivity contribution in [3.8, 4) is 0 Å². The van der Waals surface area contributed by atoms with E-state index in [2.05, 4.69) is 71.4 Å². The largest absolute Gasteiger partial charge is 0.330 e. The van der Waals surface area contributed by atoms with Gasteiger partial charge in [0.05, 0.1) is 12.4 Å². The van der Waals surface area contributed by atoms with Gasteiger partial charge in [0.1, 0.15) is 0 Å². The smallest absolute Gasteiger partial charge is 0.250 e. The number of carbonyl (C=O) groups excluding carboxylic acids is 1. The van der Waals surface area contributed by atoms with Crippen LogP contribution < -0.4 is 5.32 Å². The van der Waals surface area contributed by atoms with Crippen LogP contribution in [0.4, 0.5) is 0 Å². The van der Waals surface area contributed by atoms with Gasteiger partial charge in [0, 0.05) is 25.5 Å². The molecule has 1 N–H and O–H groups in total. The van der Waals surface area contributed by atoms with E-state index in [1.165, 1.54) is 17.2 Å². The molecule has 0 spiro atoms. The minimum atomic E-state index is -0.282. The highest BCUT2D eigenvalue weighted by molar-refractivity contribution is 6.03. The molecule has 1 aliphatic carbocycles. The standard InChI is InChI=1S/C26H35N5O/c1-19(9-8-10-20(2)17-24(32)30-25(27-6)28-7)11-12-22-21(3)23(13-14-26(22,4)5)31-16-15-29-18-31/h8-12,15-18,23H,6,13-14H2,1-5,7H3,(H,28,30,32)/b10-8+,12-11+,19-9+,20-17+. The van der Waals surface area contributed by atoms with E-state index < -0.39 is 0 Å². The SMILES string of the molecule is C=NC(=NC)NC(=O)/C=C(C)/C=C/C=C(C)/C=C/C1=C(C)C(n2ccnc2)CCC1(C)C. The van der Waals surface area contributed by atoms with Crippen LogP contribution >= 0.6 is 0 Å². The lowest BCUT2D eigenvalue weighted by Gasteiger charge is -2.37. The molecule has 32 heavy (non-hydrogen) atoms. The van der Waals surface area contributed by atoms with Crippen LogP contribution in [0.3, 0.4) is 0 Å². The molecule has 2 rings (SSSR count). The number of aliphatic imine (C=N–C) groups is 2. The van der Waals surface area contributed by atoms with E-state index in [-0.39, 0.29) is 17.3 Å². The summed E-state index contributed by atoms with van der Waals surface area (Å²) in [7, 11) is 1.55. The third kappa shape index (κ3) is 6.87. The second-order valence-corrected chi connectivity index (χ2v) is 8.73. The molecule has 6 nitrogen and oxygen atoms in total. The highest BCUT2D eigenvalue weighted by Gasteiger charge is 2.32. The Balaban J connectivity index is 2.11. The van der Waals surface area contributed by atoms with Gasteiger partial charge in [-0.2, -0.15) is 0 Å². The van der Waals surface area contributed by atoms with Crippen molar-refractivity contribution >= 4 is 18.6 Å². The summed E-state index contributed by atoms with van der Waals surface area (Å²) in [5.41, 5.74) is 4.88. The highest BCUT2D eigenvalue weighted by Crippen LogP contribution is 2.45. The van der Waals surface area contributed by atoms with Crippen molar-refractivity contribution in [3.05, 3.63) is 77.5 Å². The van der Waals surface area contributed by atoms with Gasteiger partial charge < -0.3 is 4.57 Å². The number of nitrogens with zero attached hydrogens (tertiary/aromatic N) is 4. The third-order valence-corrected chi connectivity index (χ3v) is 5.77. The Morgan fingerprint density at radius 2 is 2.06 bits per heavy atom. The fraction of sp³-hybridized carbons (Fsp3) is 0.385. The first-order valence-corrected chi connectivity index (χ1v) is 10.8. The summed E-state index contributed by atoms with van der Waals surface area (Å²) in [6.45, 7) is 14.2. The van der Waals surface area contributed by atoms with E-state index in [0.717, 1.165) is 24.0 Å². The fourth-order valence-electron chi connectivity index (χ4n) is 3.93. The first kappa shape index (κ1) is 25.0. The number of amides is 1. The molecular weight excluding hydrogens is 398 g/mol. The van der Waals surface area contributed by atoms with Crippen LogP contribution in [-0.2, 0) is 4.79 Å². The number of allylic oxidation sites excluding steroid dienone is 9. The monoisotopic (exact) mass is 433 g/mol. The molecule has 1 aliphatic rings. The summed E-state index contributed by atoms with van der Waals surface area (Å²) in [6.07, 6.45) is 19.8. The Bertz CT molecular complexity index is 1000. The zero-order valence-electron chi connectivity index (χ0n) is 20.1. The van der Waals surface area contributed by atoms with E-state index in [1.807, 2.05) is 43.9 Å². The Morgan fingerprint density at radius 3 is 2.69 bits per heavy atom. The van der Waals surface area contributed by atoms with Crippen LogP contribution in [0, 0.1) is 5.41 Å². The minimum Gasteiger partial charge on any atom is -0.330 e. The molecule has 0 radical (unpaired) electrons. The number of hydrogen-bond acceptors (Lipinski definition) is 3. The second kappa shape index (κ2) is 11.4. The fourth-order valence-corrected chi connectivity index (χ4v) is 3.93. The molecule has 1 unspecified atom stereocenters. The van der Waals surface area contributed by atoms with E-state index in [1.54, 1.807) is 7.05 Å². The maximum atomic E-state index is 11.9. The molecule has 0 saturated heterocycles. The maximum absolute atomic E-state index is 11.9. The van der Waals surface area contributed by atoms with Gasteiger partial charge in [-0.05, 0) is 62.5 Å². The summed E-state index contributed by atoms with van der Waals surface area (Å²) in [6, 6.07) is 0.364. The summed E-state index contributed by atoms with van der Waals surface area (Å²) < 4.78 is 2.20. The van der Waals surface area contributed by atoms with Crippen molar-refractivity contribution < 1.29 is 4.79 Å². The van der Waals surface area contributed by atoms with Gasteiger partial charge in [-0.3, -0.25) is 15.1 Å². The normalized spacial score (nSPS) is 20.3. The van der Waals surface area contributed by atoms with Crippen LogP contribution in [-0.4, -0.2) is 35.2 Å². The zero-order chi connectivity index (χ0) is 23.7. The van der Waals surface area contributed by atoms with Crippen LogP contribution in [0.15, 0.2) is 87.5 Å². The summed E-state index contributed by atoms with van der Waals surface area (Å²) >= 11 is 0. The van der Waals surface area contributed by atoms with E-state index in [9.17, 15) is 4.79 Å². The van der Waals surface area contributed by atoms with Crippen molar-refractivity contribution in [2.75, 3.05) is 7.05 Å². The zero-order valence-corrected chi connectivity index (χ0v) is 20.1. The molecule has 1 aromatic heterocycles. The van der Waals surface area contributed by atoms with Gasteiger partial charge >= 0.3 is 0 Å². The number of carbonyl (C=O) groups is 1. The van der Waals surface area contributed by atoms with Crippen LogP contribution in [0.2, 0.25) is 0 Å². The van der Waals surface area contributed by atoms with E-state index >= 15 is 0 Å². The molecule has 170 valence electrons. The van der Waals surface area contributed by atoms with Crippen LogP contribution in [0.25, 0.3) is 0 Å². The molecule has 0 aliphatic heterocycles. The third-order valence-electron chi connectivity index (χ3n) is 5.77. The van der Waals surface area contributed by atoms with Gasteiger partial charge in [0.15, 0.2) is 0 Å². The molecule has 1 aromatic rings. The quantitative estimate of drug-likeness (QED) is 0.284. The van der Waals surface area contributed by atoms with Crippen molar-refractivity contribution in [3.63, 3.8) is 0 Å². The Morgan fingerprint density at radius 1 is 1.31 bits per heavy atom. The first-order valence-electron chi connectivity index (χ1n) is 10.8. The van der Waals surface area contributed by atoms with Gasteiger partial charge in [0.2, 0.25) is 5.96 Å². The van der Waals surface area contributed by atoms with Crippen molar-refractivity contribution in [1.29, 1.82) is 0 Å². The average molecular weight is 434 g/mol. The summed E-state index contributed by atoms with van der Waals surface area (Å²) in [4.78, 5) is 23.6. The second-order valence-electron chi connectivity index (χ2n) is 8.73. The Labute approximate surface area is 192 Å². The molecule has 0 bridgehead atoms. The summed E-state index contributed by atoms with van der Waals surface area (Å²) in [5.74, 6) is -0.0791. The predicted molar refractivity (Wildman–Crippen MR) is 134 cm³/mol. The molecule has 0 fully saturated rings. The molecule has 0 saturated carbocycles. The number of guanidine groups is 1. The van der Waals surface area contributed by atoms with Crippen molar-refractivity contribution in [2.24, 2.45) is 15.4 Å². The van der Waals surface area contributed by atoms with E-state index in [0.29, 0.717) is 6.04 Å². The first-order chi connectivity index (χ1) is 15.2. The molecule has 1 amide bonds. The van der Waals surface area contributed by atoms with Gasteiger partial charge in [-0.25, -0.2) is 9.98 Å². The predicted octanol–water partition coefficient (Wildman–Crippen LogP) is 5.37.